The first-order chi connectivity index (χ1) is 14.1. The number of hydrogen-bond donors (Lipinski definition) is 1. The Morgan fingerprint density at radius 1 is 1.27 bits per heavy atom. The quantitative estimate of drug-likeness (QED) is 0.425. The average Bonchev–Trinajstić information content (AvgIpc) is 2.66. The number of amides is 2. The number of fused-ring (bicyclic) bond motifs is 1. The van der Waals surface area contributed by atoms with E-state index in [4.69, 9.17) is 0 Å². The lowest BCUT2D eigenvalue weighted by Crippen LogP contribution is -2.43. The summed E-state index contributed by atoms with van der Waals surface area (Å²) >= 11 is 4.64. The first-order valence-corrected chi connectivity index (χ1v) is 11.8. The molecule has 0 bridgehead atoms. The number of aromatic nitrogens is 2. The maximum absolute atomic E-state index is 13.1. The van der Waals surface area contributed by atoms with Crippen LogP contribution in [0.2, 0.25) is 0 Å². The molecule has 0 aliphatic rings. The first-order valence-electron chi connectivity index (χ1n) is 10.0. The Labute approximate surface area is 189 Å². The molecule has 7 nitrogen and oxygen atoms in total. The number of nitrogens with zero attached hydrogens (tertiary/aromatic N) is 3. The van der Waals surface area contributed by atoms with Gasteiger partial charge in [-0.25, -0.2) is 4.98 Å². The molecule has 1 aromatic heterocycles. The molecule has 0 aliphatic heterocycles. The van der Waals surface area contributed by atoms with E-state index in [-0.39, 0.29) is 41.6 Å². The van der Waals surface area contributed by atoms with Gasteiger partial charge in [0.25, 0.3) is 5.56 Å². The molecule has 1 aromatic carbocycles. The van der Waals surface area contributed by atoms with Crippen LogP contribution in [0.25, 0.3) is 10.9 Å². The highest BCUT2D eigenvalue weighted by atomic mass is 79.9. The van der Waals surface area contributed by atoms with Gasteiger partial charge in [-0.15, -0.1) is 0 Å². The number of carbonyl (C=O) groups excluding carboxylic acids is 2. The Hall–Kier alpha value is -1.87. The Kier molecular flexibility index (Phi) is 8.91. The van der Waals surface area contributed by atoms with Gasteiger partial charge in [-0.1, -0.05) is 41.5 Å². The fourth-order valence-corrected chi connectivity index (χ4v) is 4.22. The molecule has 0 saturated carbocycles. The molecule has 0 radical (unpaired) electrons. The lowest BCUT2D eigenvalue weighted by molar-refractivity contribution is -0.134. The van der Waals surface area contributed by atoms with Gasteiger partial charge in [-0.05, 0) is 44.9 Å². The summed E-state index contributed by atoms with van der Waals surface area (Å²) in [6, 6.07) is 5.43. The molecule has 0 fully saturated rings. The van der Waals surface area contributed by atoms with Crippen molar-refractivity contribution >= 4 is 50.4 Å². The van der Waals surface area contributed by atoms with Crippen molar-refractivity contribution in [2.24, 2.45) is 5.92 Å². The molecule has 0 spiro atoms. The number of halogens is 1. The number of nitrogens with one attached hydrogen (secondary N) is 1. The molecular weight excluding hydrogens is 468 g/mol. The standard InChI is InChI=1S/C21H29BrN4O3S/c1-6-25(11-18(27)23-14(4)5)19(28)12-30-21-24-17-8-7-15(22)9-16(17)20(29)26(21)10-13(2)3/h7-9,13-14H,6,10-12H2,1-5H3,(H,23,27). The Bertz CT molecular complexity index is 975. The summed E-state index contributed by atoms with van der Waals surface area (Å²) in [6.07, 6.45) is 0. The van der Waals surface area contributed by atoms with Gasteiger partial charge in [0.15, 0.2) is 5.16 Å². The maximum atomic E-state index is 13.1. The summed E-state index contributed by atoms with van der Waals surface area (Å²) in [4.78, 5) is 43.9. The number of benzene rings is 1. The van der Waals surface area contributed by atoms with Gasteiger partial charge in [0.1, 0.15) is 0 Å². The Balaban J connectivity index is 2.25. The van der Waals surface area contributed by atoms with Crippen LogP contribution >= 0.6 is 27.7 Å². The van der Waals surface area contributed by atoms with Crippen LogP contribution in [0.5, 0.6) is 0 Å². The SMILES string of the molecule is CCN(CC(=O)NC(C)C)C(=O)CSc1nc2ccc(Br)cc2c(=O)n1CC(C)C. The summed E-state index contributed by atoms with van der Waals surface area (Å²) < 4.78 is 2.46. The van der Waals surface area contributed by atoms with Gasteiger partial charge in [-0.3, -0.25) is 19.0 Å². The van der Waals surface area contributed by atoms with E-state index in [1.54, 1.807) is 16.7 Å². The van der Waals surface area contributed by atoms with E-state index in [0.717, 1.165) is 4.47 Å². The largest absolute Gasteiger partial charge is 0.352 e. The zero-order valence-corrected chi connectivity index (χ0v) is 20.5. The number of thioether (sulfide) groups is 1. The minimum atomic E-state index is -0.184. The van der Waals surface area contributed by atoms with Gasteiger partial charge < -0.3 is 10.2 Å². The summed E-state index contributed by atoms with van der Waals surface area (Å²) in [6.45, 7) is 10.6. The third-order valence-electron chi connectivity index (χ3n) is 4.27. The molecule has 0 aliphatic carbocycles. The van der Waals surface area contributed by atoms with E-state index in [1.807, 2.05) is 40.7 Å². The normalized spacial score (nSPS) is 11.3. The number of rotatable bonds is 9. The summed E-state index contributed by atoms with van der Waals surface area (Å²) in [5.74, 6) is 0.00467. The second-order valence-electron chi connectivity index (χ2n) is 7.78. The Morgan fingerprint density at radius 3 is 2.57 bits per heavy atom. The van der Waals surface area contributed by atoms with E-state index in [9.17, 15) is 14.4 Å². The summed E-state index contributed by atoms with van der Waals surface area (Å²) in [5, 5.41) is 3.85. The van der Waals surface area contributed by atoms with Crippen LogP contribution in [0.15, 0.2) is 32.6 Å². The fourth-order valence-electron chi connectivity index (χ4n) is 2.94. The molecule has 30 heavy (non-hydrogen) atoms. The fraction of sp³-hybridized carbons (Fsp3) is 0.524. The van der Waals surface area contributed by atoms with Crippen molar-refractivity contribution in [1.82, 2.24) is 19.8 Å². The average molecular weight is 497 g/mol. The minimum Gasteiger partial charge on any atom is -0.352 e. The topological polar surface area (TPSA) is 84.3 Å². The molecule has 2 aromatic rings. The van der Waals surface area contributed by atoms with Gasteiger partial charge in [0.05, 0.1) is 23.2 Å². The second kappa shape index (κ2) is 10.9. The van der Waals surface area contributed by atoms with E-state index in [0.29, 0.717) is 29.1 Å². The third kappa shape index (κ3) is 6.57. The molecule has 1 heterocycles. The summed E-state index contributed by atoms with van der Waals surface area (Å²) in [7, 11) is 0. The maximum Gasteiger partial charge on any atom is 0.262 e. The lowest BCUT2D eigenvalue weighted by atomic mass is 10.2. The third-order valence-corrected chi connectivity index (χ3v) is 5.73. The smallest absolute Gasteiger partial charge is 0.262 e. The van der Waals surface area contributed by atoms with E-state index >= 15 is 0 Å². The zero-order valence-electron chi connectivity index (χ0n) is 18.1. The second-order valence-corrected chi connectivity index (χ2v) is 9.64. The van der Waals surface area contributed by atoms with Crippen LogP contribution in [0.1, 0.15) is 34.6 Å². The number of carbonyl (C=O) groups is 2. The van der Waals surface area contributed by atoms with Crippen molar-refractivity contribution in [3.05, 3.63) is 33.0 Å². The van der Waals surface area contributed by atoms with E-state index in [2.05, 4.69) is 26.2 Å². The minimum absolute atomic E-state index is 0.0199. The highest BCUT2D eigenvalue weighted by Crippen LogP contribution is 2.21. The number of hydrogen-bond acceptors (Lipinski definition) is 5. The van der Waals surface area contributed by atoms with E-state index in [1.165, 1.54) is 16.7 Å². The van der Waals surface area contributed by atoms with Crippen molar-refractivity contribution in [2.75, 3.05) is 18.8 Å². The molecule has 0 saturated heterocycles. The van der Waals surface area contributed by atoms with Crippen molar-refractivity contribution in [2.45, 2.75) is 52.4 Å². The van der Waals surface area contributed by atoms with Crippen molar-refractivity contribution in [3.8, 4) is 0 Å². The van der Waals surface area contributed by atoms with Gasteiger partial charge >= 0.3 is 0 Å². The van der Waals surface area contributed by atoms with Crippen LogP contribution in [0.4, 0.5) is 0 Å². The van der Waals surface area contributed by atoms with Crippen LogP contribution in [-0.2, 0) is 16.1 Å². The molecule has 9 heteroatoms. The molecular formula is C21H29BrN4O3S. The van der Waals surface area contributed by atoms with Crippen molar-refractivity contribution in [1.29, 1.82) is 0 Å². The van der Waals surface area contributed by atoms with Crippen LogP contribution in [0, 0.1) is 5.92 Å². The van der Waals surface area contributed by atoms with Crippen LogP contribution < -0.4 is 10.9 Å². The van der Waals surface area contributed by atoms with Crippen molar-refractivity contribution < 1.29 is 9.59 Å². The van der Waals surface area contributed by atoms with Gasteiger partial charge in [0.2, 0.25) is 11.8 Å². The lowest BCUT2D eigenvalue weighted by Gasteiger charge is -2.21. The zero-order chi connectivity index (χ0) is 22.4. The Morgan fingerprint density at radius 2 is 1.97 bits per heavy atom. The molecule has 0 unspecified atom stereocenters. The summed E-state index contributed by atoms with van der Waals surface area (Å²) in [5.41, 5.74) is 0.482. The predicted molar refractivity (Wildman–Crippen MR) is 125 cm³/mol. The van der Waals surface area contributed by atoms with E-state index < -0.39 is 0 Å². The highest BCUT2D eigenvalue weighted by Gasteiger charge is 2.19. The van der Waals surface area contributed by atoms with Gasteiger partial charge in [-0.2, -0.15) is 0 Å². The molecule has 2 amide bonds. The van der Waals surface area contributed by atoms with Gasteiger partial charge in [0, 0.05) is 23.6 Å². The first kappa shape index (κ1) is 24.4. The molecule has 2 rings (SSSR count). The predicted octanol–water partition coefficient (Wildman–Crippen LogP) is 3.28. The molecule has 164 valence electrons. The number of likely N-dealkylation sites (N-methyl/N-ethyl adjacent to an activating group) is 1. The molecule has 1 N–H and O–H groups in total. The monoisotopic (exact) mass is 496 g/mol. The van der Waals surface area contributed by atoms with Crippen LogP contribution in [0.3, 0.4) is 0 Å². The van der Waals surface area contributed by atoms with Crippen molar-refractivity contribution in [3.63, 3.8) is 0 Å². The molecule has 0 atom stereocenters. The highest BCUT2D eigenvalue weighted by molar-refractivity contribution is 9.10. The van der Waals surface area contributed by atoms with Crippen LogP contribution in [-0.4, -0.2) is 51.1 Å².